The summed E-state index contributed by atoms with van der Waals surface area (Å²) in [5.41, 5.74) is 2.93. The minimum absolute atomic E-state index is 0.182. The van der Waals surface area contributed by atoms with Gasteiger partial charge in [-0.05, 0) is 35.9 Å². The normalized spacial score (nSPS) is 11.2. The highest BCUT2D eigenvalue weighted by atomic mass is 19.1. The van der Waals surface area contributed by atoms with Gasteiger partial charge in [-0.3, -0.25) is 9.89 Å². The molecule has 0 aliphatic rings. The summed E-state index contributed by atoms with van der Waals surface area (Å²) in [7, 11) is 0. The molecule has 2 N–H and O–H groups in total. The molecule has 0 saturated heterocycles. The van der Waals surface area contributed by atoms with Crippen molar-refractivity contribution < 1.29 is 9.18 Å². The van der Waals surface area contributed by atoms with Gasteiger partial charge in [-0.1, -0.05) is 18.2 Å². The van der Waals surface area contributed by atoms with Crippen molar-refractivity contribution in [2.75, 3.05) is 5.32 Å². The minimum Gasteiger partial charge on any atom is -0.311 e. The summed E-state index contributed by atoms with van der Waals surface area (Å²) in [5, 5.41) is 9.70. The maximum absolute atomic E-state index is 12.9. The van der Waals surface area contributed by atoms with Crippen LogP contribution in [0.2, 0.25) is 0 Å². The molecule has 3 rings (SSSR count). The van der Waals surface area contributed by atoms with Gasteiger partial charge < -0.3 is 5.32 Å². The van der Waals surface area contributed by atoms with Crippen molar-refractivity contribution in [3.8, 4) is 0 Å². The molecule has 0 fully saturated rings. The average Bonchev–Trinajstić information content (AvgIpc) is 2.88. The van der Waals surface area contributed by atoms with Crippen LogP contribution in [-0.4, -0.2) is 21.1 Å². The van der Waals surface area contributed by atoms with E-state index in [1.54, 1.807) is 30.3 Å². The molecule has 6 heteroatoms. The van der Waals surface area contributed by atoms with Crippen LogP contribution in [0.3, 0.4) is 0 Å². The Bertz CT molecular complexity index is 852. The molecule has 0 aliphatic heterocycles. The van der Waals surface area contributed by atoms with Gasteiger partial charge in [0.15, 0.2) is 0 Å². The molecule has 2 heterocycles. The van der Waals surface area contributed by atoms with Crippen LogP contribution >= 0.6 is 0 Å². The van der Waals surface area contributed by atoms with Crippen molar-refractivity contribution in [1.82, 2.24) is 15.2 Å². The molecule has 0 atom stereocenters. The molecular weight excluding hydrogens is 283 g/mol. The number of H-pyrrole nitrogens is 1. The Kier molecular flexibility index (Phi) is 3.65. The fourth-order valence-electron chi connectivity index (χ4n) is 2.03. The van der Waals surface area contributed by atoms with E-state index in [1.807, 2.05) is 6.08 Å². The molecule has 0 aliphatic carbocycles. The Morgan fingerprint density at radius 3 is 2.68 bits per heavy atom. The van der Waals surface area contributed by atoms with Crippen molar-refractivity contribution in [3.05, 3.63) is 53.5 Å². The number of rotatable bonds is 3. The highest BCUT2D eigenvalue weighted by Crippen LogP contribution is 2.18. The van der Waals surface area contributed by atoms with Gasteiger partial charge in [0.2, 0.25) is 5.91 Å². The van der Waals surface area contributed by atoms with Crippen molar-refractivity contribution in [1.29, 1.82) is 0 Å². The number of hydrogen-bond acceptors (Lipinski definition) is 3. The fourth-order valence-corrected chi connectivity index (χ4v) is 2.03. The zero-order valence-electron chi connectivity index (χ0n) is 11.8. The Hall–Kier alpha value is -3.02. The van der Waals surface area contributed by atoms with Crippen LogP contribution in [0.1, 0.15) is 18.2 Å². The maximum atomic E-state index is 12.9. The Balaban J connectivity index is 1.92. The van der Waals surface area contributed by atoms with E-state index in [-0.39, 0.29) is 11.7 Å². The van der Waals surface area contributed by atoms with Gasteiger partial charge in [0.25, 0.3) is 0 Å². The van der Waals surface area contributed by atoms with Crippen LogP contribution in [-0.2, 0) is 4.79 Å². The predicted molar refractivity (Wildman–Crippen MR) is 83.5 cm³/mol. The number of fused-ring (bicyclic) bond motifs is 1. The summed E-state index contributed by atoms with van der Waals surface area (Å²) in [4.78, 5) is 15.5. The molecule has 3 aromatic rings. The van der Waals surface area contributed by atoms with E-state index in [4.69, 9.17) is 0 Å². The summed E-state index contributed by atoms with van der Waals surface area (Å²) in [5.74, 6) is 0.0144. The number of amides is 1. The van der Waals surface area contributed by atoms with E-state index < -0.39 is 0 Å². The highest BCUT2D eigenvalue weighted by molar-refractivity contribution is 5.91. The van der Waals surface area contributed by atoms with Gasteiger partial charge in [-0.15, -0.1) is 0 Å². The molecule has 1 aromatic carbocycles. The number of anilines is 1. The van der Waals surface area contributed by atoms with E-state index in [0.29, 0.717) is 17.0 Å². The Labute approximate surface area is 125 Å². The number of nitrogens with one attached hydrogen (secondary N) is 2. The van der Waals surface area contributed by atoms with Gasteiger partial charge in [0.1, 0.15) is 22.8 Å². The van der Waals surface area contributed by atoms with Crippen molar-refractivity contribution in [2.45, 2.75) is 6.92 Å². The standard InChI is InChI=1S/C16H13FN4O/c1-10(22)18-15-9-8-14-16(19-15)13(20-21-14)7-4-11-2-5-12(17)6-3-11/h2-9H,1H3,(H,20,21)(H,18,19,22). The van der Waals surface area contributed by atoms with Crippen LogP contribution < -0.4 is 5.32 Å². The molecule has 5 nitrogen and oxygen atoms in total. The van der Waals surface area contributed by atoms with Gasteiger partial charge in [-0.25, -0.2) is 9.37 Å². The first-order valence-corrected chi connectivity index (χ1v) is 6.68. The van der Waals surface area contributed by atoms with Crippen molar-refractivity contribution in [3.63, 3.8) is 0 Å². The number of aromatic nitrogens is 3. The summed E-state index contributed by atoms with van der Waals surface area (Å²) in [6.07, 6.45) is 3.61. The molecule has 0 radical (unpaired) electrons. The monoisotopic (exact) mass is 296 g/mol. The van der Waals surface area contributed by atoms with E-state index in [9.17, 15) is 9.18 Å². The van der Waals surface area contributed by atoms with Crippen LogP contribution in [0, 0.1) is 5.82 Å². The van der Waals surface area contributed by atoms with E-state index in [1.165, 1.54) is 19.1 Å². The number of aromatic amines is 1. The number of carbonyl (C=O) groups is 1. The zero-order valence-corrected chi connectivity index (χ0v) is 11.8. The van der Waals surface area contributed by atoms with Crippen LogP contribution in [0.4, 0.5) is 10.2 Å². The van der Waals surface area contributed by atoms with E-state index >= 15 is 0 Å². The van der Waals surface area contributed by atoms with E-state index in [0.717, 1.165) is 11.1 Å². The second-order valence-corrected chi connectivity index (χ2v) is 4.77. The summed E-state index contributed by atoms with van der Waals surface area (Å²) >= 11 is 0. The van der Waals surface area contributed by atoms with E-state index in [2.05, 4.69) is 20.5 Å². The number of hydrogen-bond donors (Lipinski definition) is 2. The van der Waals surface area contributed by atoms with Gasteiger partial charge in [0.05, 0.1) is 5.52 Å². The third-order valence-electron chi connectivity index (χ3n) is 3.04. The van der Waals surface area contributed by atoms with Crippen LogP contribution in [0.25, 0.3) is 23.2 Å². The SMILES string of the molecule is CC(=O)Nc1ccc2[nH]nc(C=Cc3ccc(F)cc3)c2n1. The average molecular weight is 296 g/mol. The second kappa shape index (κ2) is 5.77. The van der Waals surface area contributed by atoms with Crippen molar-refractivity contribution >= 4 is 34.9 Å². The van der Waals surface area contributed by atoms with Crippen LogP contribution in [0.5, 0.6) is 0 Å². The number of benzene rings is 1. The molecule has 22 heavy (non-hydrogen) atoms. The summed E-state index contributed by atoms with van der Waals surface area (Å²) in [6, 6.07) is 9.66. The van der Waals surface area contributed by atoms with Crippen molar-refractivity contribution in [2.24, 2.45) is 0 Å². The zero-order chi connectivity index (χ0) is 15.5. The maximum Gasteiger partial charge on any atom is 0.222 e. The lowest BCUT2D eigenvalue weighted by molar-refractivity contribution is -0.114. The number of halogens is 1. The van der Waals surface area contributed by atoms with Gasteiger partial charge >= 0.3 is 0 Å². The topological polar surface area (TPSA) is 70.7 Å². The lowest BCUT2D eigenvalue weighted by Gasteiger charge is -2.00. The Morgan fingerprint density at radius 2 is 1.95 bits per heavy atom. The highest BCUT2D eigenvalue weighted by Gasteiger charge is 2.06. The molecular formula is C16H13FN4O. The third-order valence-corrected chi connectivity index (χ3v) is 3.04. The summed E-state index contributed by atoms with van der Waals surface area (Å²) < 4.78 is 12.9. The van der Waals surface area contributed by atoms with Gasteiger partial charge in [0, 0.05) is 6.92 Å². The quantitative estimate of drug-likeness (QED) is 0.779. The minimum atomic E-state index is -0.274. The predicted octanol–water partition coefficient (Wildman–Crippen LogP) is 3.23. The van der Waals surface area contributed by atoms with Crippen LogP contribution in [0.15, 0.2) is 36.4 Å². The lowest BCUT2D eigenvalue weighted by atomic mass is 10.2. The lowest BCUT2D eigenvalue weighted by Crippen LogP contribution is -2.07. The molecule has 0 unspecified atom stereocenters. The second-order valence-electron chi connectivity index (χ2n) is 4.77. The number of carbonyl (C=O) groups excluding carboxylic acids is 1. The first-order chi connectivity index (χ1) is 10.6. The molecule has 0 saturated carbocycles. The fraction of sp³-hybridized carbons (Fsp3) is 0.0625. The molecule has 0 bridgehead atoms. The molecule has 2 aromatic heterocycles. The summed E-state index contributed by atoms with van der Waals surface area (Å²) in [6.45, 7) is 1.43. The molecule has 1 amide bonds. The Morgan fingerprint density at radius 1 is 1.18 bits per heavy atom. The molecule has 0 spiro atoms. The number of nitrogens with zero attached hydrogens (tertiary/aromatic N) is 2. The molecule has 110 valence electrons. The van der Waals surface area contributed by atoms with Gasteiger partial charge in [-0.2, -0.15) is 5.10 Å². The smallest absolute Gasteiger partial charge is 0.222 e. The third kappa shape index (κ3) is 3.01. The first kappa shape index (κ1) is 13.9. The first-order valence-electron chi connectivity index (χ1n) is 6.68. The largest absolute Gasteiger partial charge is 0.311 e. The number of pyridine rings is 1.